The van der Waals surface area contributed by atoms with Gasteiger partial charge in [-0.15, -0.1) is 0 Å². The molecule has 0 radical (unpaired) electrons. The number of ether oxygens (including phenoxy) is 1. The third-order valence-corrected chi connectivity index (χ3v) is 4.57. The molecule has 1 aromatic rings. The zero-order chi connectivity index (χ0) is 11.8. The van der Waals surface area contributed by atoms with Crippen LogP contribution in [0, 0.1) is 0 Å². The minimum absolute atomic E-state index is 0.0685. The number of hydrogen-bond acceptors (Lipinski definition) is 3. The van der Waals surface area contributed by atoms with Gasteiger partial charge in [-0.2, -0.15) is 11.8 Å². The zero-order valence-electron chi connectivity index (χ0n) is 9.87. The summed E-state index contributed by atoms with van der Waals surface area (Å²) in [5, 5.41) is 0. The number of hydrogen-bond donors (Lipinski definition) is 0. The van der Waals surface area contributed by atoms with E-state index < -0.39 is 0 Å². The molecule has 1 atom stereocenters. The van der Waals surface area contributed by atoms with Crippen LogP contribution in [0.2, 0.25) is 0 Å². The van der Waals surface area contributed by atoms with Gasteiger partial charge < -0.3 is 4.74 Å². The number of ketones is 1. The van der Waals surface area contributed by atoms with Crippen molar-refractivity contribution in [3.63, 3.8) is 0 Å². The van der Waals surface area contributed by atoms with Crippen LogP contribution in [0.15, 0.2) is 18.2 Å². The molecule has 0 aliphatic carbocycles. The maximum Gasteiger partial charge on any atom is 0.159 e. The van der Waals surface area contributed by atoms with Crippen LogP contribution in [0.3, 0.4) is 0 Å². The summed E-state index contributed by atoms with van der Waals surface area (Å²) in [6.45, 7) is 4.56. The number of rotatable bonds is 2. The molecule has 0 fully saturated rings. The second kappa shape index (κ2) is 4.13. The van der Waals surface area contributed by atoms with Gasteiger partial charge in [-0.25, -0.2) is 0 Å². The highest BCUT2D eigenvalue weighted by Crippen LogP contribution is 2.45. The molecule has 2 nitrogen and oxygen atoms in total. The molecule has 0 amide bonds. The minimum Gasteiger partial charge on any atom is -0.493 e. The first kappa shape index (κ1) is 11.5. The van der Waals surface area contributed by atoms with Crippen LogP contribution < -0.4 is 4.74 Å². The molecule has 16 heavy (non-hydrogen) atoms. The van der Waals surface area contributed by atoms with Gasteiger partial charge in [0.2, 0.25) is 0 Å². The average molecular weight is 236 g/mol. The summed E-state index contributed by atoms with van der Waals surface area (Å²) in [5.74, 6) is 1.03. The quantitative estimate of drug-likeness (QED) is 0.737. The lowest BCUT2D eigenvalue weighted by Gasteiger charge is -2.34. The van der Waals surface area contributed by atoms with Gasteiger partial charge in [0, 0.05) is 22.3 Å². The van der Waals surface area contributed by atoms with E-state index in [0.29, 0.717) is 0 Å². The SMILES string of the molecule is CS[C@@]1(C)CCOc2ccc(C(C)=O)cc21. The Labute approximate surface area is 100 Å². The van der Waals surface area contributed by atoms with Gasteiger partial charge in [0.15, 0.2) is 5.78 Å². The minimum atomic E-state index is 0.0685. The van der Waals surface area contributed by atoms with Gasteiger partial charge in [0.05, 0.1) is 6.61 Å². The van der Waals surface area contributed by atoms with Crippen molar-refractivity contribution in [2.75, 3.05) is 12.9 Å². The van der Waals surface area contributed by atoms with E-state index in [4.69, 9.17) is 4.74 Å². The Balaban J connectivity index is 2.53. The van der Waals surface area contributed by atoms with Gasteiger partial charge in [-0.05, 0) is 38.3 Å². The Morgan fingerprint density at radius 1 is 1.50 bits per heavy atom. The Hall–Kier alpha value is -0.960. The van der Waals surface area contributed by atoms with Crippen molar-refractivity contribution in [2.45, 2.75) is 25.0 Å². The van der Waals surface area contributed by atoms with Gasteiger partial charge in [0.1, 0.15) is 5.75 Å². The normalized spacial score (nSPS) is 23.4. The maximum atomic E-state index is 11.4. The predicted octanol–water partition coefficient (Wildman–Crippen LogP) is 3.25. The van der Waals surface area contributed by atoms with Crippen molar-refractivity contribution in [3.8, 4) is 5.75 Å². The summed E-state index contributed by atoms with van der Waals surface area (Å²) in [7, 11) is 0. The number of carbonyl (C=O) groups excluding carboxylic acids is 1. The van der Waals surface area contributed by atoms with Crippen molar-refractivity contribution in [1.29, 1.82) is 0 Å². The number of fused-ring (bicyclic) bond motifs is 1. The van der Waals surface area contributed by atoms with E-state index in [1.165, 1.54) is 0 Å². The molecule has 0 unspecified atom stereocenters. The van der Waals surface area contributed by atoms with Crippen LogP contribution in [-0.2, 0) is 4.75 Å². The predicted molar refractivity (Wildman–Crippen MR) is 67.4 cm³/mol. The molecule has 2 rings (SSSR count). The Morgan fingerprint density at radius 3 is 2.88 bits per heavy atom. The zero-order valence-corrected chi connectivity index (χ0v) is 10.7. The van der Waals surface area contributed by atoms with Gasteiger partial charge in [-0.1, -0.05) is 0 Å². The third-order valence-electron chi connectivity index (χ3n) is 3.24. The summed E-state index contributed by atoms with van der Waals surface area (Å²) in [6, 6.07) is 5.74. The fourth-order valence-electron chi connectivity index (χ4n) is 1.99. The molecule has 86 valence electrons. The summed E-state index contributed by atoms with van der Waals surface area (Å²) in [6.07, 6.45) is 3.10. The van der Waals surface area contributed by atoms with E-state index in [9.17, 15) is 4.79 Å². The number of Topliss-reactive ketones (excluding diaryl/α,β-unsaturated/α-hetero) is 1. The number of carbonyl (C=O) groups is 1. The Morgan fingerprint density at radius 2 is 2.25 bits per heavy atom. The summed E-state index contributed by atoms with van der Waals surface area (Å²) >= 11 is 1.82. The highest BCUT2D eigenvalue weighted by Gasteiger charge is 2.32. The van der Waals surface area contributed by atoms with Crippen molar-refractivity contribution in [3.05, 3.63) is 29.3 Å². The standard InChI is InChI=1S/C13H16O2S/c1-9(14)10-4-5-12-11(8-10)13(2,16-3)6-7-15-12/h4-5,8H,6-7H2,1-3H3/t13-/m0/s1. The third kappa shape index (κ3) is 1.84. The second-order valence-electron chi connectivity index (χ2n) is 4.30. The number of benzene rings is 1. The molecule has 3 heteroatoms. The lowest BCUT2D eigenvalue weighted by atomic mass is 9.92. The largest absolute Gasteiger partial charge is 0.493 e. The van der Waals surface area contributed by atoms with Crippen molar-refractivity contribution in [2.24, 2.45) is 0 Å². The molecule has 1 aromatic carbocycles. The smallest absolute Gasteiger partial charge is 0.159 e. The number of thioether (sulfide) groups is 1. The molecule has 0 aromatic heterocycles. The van der Waals surface area contributed by atoms with E-state index in [0.717, 1.165) is 29.9 Å². The fraction of sp³-hybridized carbons (Fsp3) is 0.462. The van der Waals surface area contributed by atoms with Gasteiger partial charge >= 0.3 is 0 Å². The highest BCUT2D eigenvalue weighted by molar-refractivity contribution is 7.99. The van der Waals surface area contributed by atoms with Crippen LogP contribution >= 0.6 is 11.8 Å². The van der Waals surface area contributed by atoms with E-state index in [1.807, 2.05) is 30.0 Å². The lowest BCUT2D eigenvalue weighted by Crippen LogP contribution is -2.26. The molecule has 1 aliphatic heterocycles. The van der Waals surface area contributed by atoms with Crippen LogP contribution in [0.25, 0.3) is 0 Å². The van der Waals surface area contributed by atoms with Gasteiger partial charge in [0.25, 0.3) is 0 Å². The van der Waals surface area contributed by atoms with Crippen LogP contribution in [0.4, 0.5) is 0 Å². The molecule has 0 bridgehead atoms. The van der Waals surface area contributed by atoms with Crippen LogP contribution in [0.5, 0.6) is 5.75 Å². The summed E-state index contributed by atoms with van der Waals surface area (Å²) < 4.78 is 5.70. The monoisotopic (exact) mass is 236 g/mol. The van der Waals surface area contributed by atoms with E-state index in [1.54, 1.807) is 6.92 Å². The fourth-order valence-corrected chi connectivity index (χ4v) is 2.66. The van der Waals surface area contributed by atoms with Crippen molar-refractivity contribution < 1.29 is 9.53 Å². The first-order valence-electron chi connectivity index (χ1n) is 5.40. The van der Waals surface area contributed by atoms with Crippen LogP contribution in [0.1, 0.15) is 36.2 Å². The molecule has 1 aliphatic rings. The first-order chi connectivity index (χ1) is 7.57. The molecule has 0 saturated carbocycles. The molecular weight excluding hydrogens is 220 g/mol. The second-order valence-corrected chi connectivity index (χ2v) is 5.61. The summed E-state index contributed by atoms with van der Waals surface area (Å²) in [5.41, 5.74) is 1.92. The molecule has 0 saturated heterocycles. The van der Waals surface area contributed by atoms with Crippen molar-refractivity contribution in [1.82, 2.24) is 0 Å². The Bertz CT molecular complexity index is 428. The van der Waals surface area contributed by atoms with Crippen molar-refractivity contribution >= 4 is 17.5 Å². The summed E-state index contributed by atoms with van der Waals surface area (Å²) in [4.78, 5) is 11.4. The lowest BCUT2D eigenvalue weighted by molar-refractivity contribution is 0.101. The van der Waals surface area contributed by atoms with E-state index in [2.05, 4.69) is 13.2 Å². The molecule has 1 heterocycles. The maximum absolute atomic E-state index is 11.4. The molecular formula is C13H16O2S. The highest BCUT2D eigenvalue weighted by atomic mass is 32.2. The Kier molecular flexibility index (Phi) is 2.98. The van der Waals surface area contributed by atoms with Gasteiger partial charge in [-0.3, -0.25) is 4.79 Å². The molecule has 0 N–H and O–H groups in total. The average Bonchev–Trinajstić information content (AvgIpc) is 2.29. The van der Waals surface area contributed by atoms with E-state index >= 15 is 0 Å². The van der Waals surface area contributed by atoms with E-state index in [-0.39, 0.29) is 10.5 Å². The van der Waals surface area contributed by atoms with Crippen LogP contribution in [-0.4, -0.2) is 18.6 Å². The topological polar surface area (TPSA) is 26.3 Å². The molecule has 0 spiro atoms. The first-order valence-corrected chi connectivity index (χ1v) is 6.63.